The highest BCUT2D eigenvalue weighted by atomic mass is 79.9. The van der Waals surface area contributed by atoms with Crippen LogP contribution >= 0.6 is 15.9 Å². The molecule has 0 saturated carbocycles. The van der Waals surface area contributed by atoms with Crippen molar-refractivity contribution >= 4 is 15.9 Å². The summed E-state index contributed by atoms with van der Waals surface area (Å²) in [6, 6.07) is 4.15. The summed E-state index contributed by atoms with van der Waals surface area (Å²) in [5.74, 6) is 1.68. The molecule has 0 aliphatic rings. The largest absolute Gasteiger partial charge is 0.490 e. The second-order valence-electron chi connectivity index (χ2n) is 5.02. The zero-order valence-electron chi connectivity index (χ0n) is 13.5. The standard InChI is InChI=1S/C17H28BrNO2/c1-4-20-16-12-14(10-8-6-7-9-11-19-3)15(18)13-17(16)21-5-2/h12-13,19H,4-11H2,1-3H3. The predicted molar refractivity (Wildman–Crippen MR) is 92.6 cm³/mol. The molecule has 120 valence electrons. The highest BCUT2D eigenvalue weighted by Gasteiger charge is 2.10. The molecule has 0 saturated heterocycles. The minimum atomic E-state index is 0.650. The van der Waals surface area contributed by atoms with Gasteiger partial charge in [0.25, 0.3) is 0 Å². The van der Waals surface area contributed by atoms with E-state index in [9.17, 15) is 0 Å². The fraction of sp³-hybridized carbons (Fsp3) is 0.647. The number of halogens is 1. The summed E-state index contributed by atoms with van der Waals surface area (Å²) in [5.41, 5.74) is 1.30. The number of nitrogens with one attached hydrogen (secondary N) is 1. The van der Waals surface area contributed by atoms with Gasteiger partial charge in [-0.2, -0.15) is 0 Å². The van der Waals surface area contributed by atoms with Gasteiger partial charge in [0.15, 0.2) is 11.5 Å². The molecular weight excluding hydrogens is 330 g/mol. The number of hydrogen-bond donors (Lipinski definition) is 1. The minimum Gasteiger partial charge on any atom is -0.490 e. The first-order valence-corrected chi connectivity index (χ1v) is 8.74. The van der Waals surface area contributed by atoms with E-state index in [2.05, 4.69) is 27.3 Å². The molecule has 0 unspecified atom stereocenters. The lowest BCUT2D eigenvalue weighted by atomic mass is 10.1. The molecule has 0 heterocycles. The van der Waals surface area contributed by atoms with E-state index in [0.717, 1.165) is 28.9 Å². The van der Waals surface area contributed by atoms with Crippen LogP contribution in [0.15, 0.2) is 16.6 Å². The third-order valence-corrected chi connectivity index (χ3v) is 4.07. The summed E-state index contributed by atoms with van der Waals surface area (Å²) >= 11 is 3.65. The van der Waals surface area contributed by atoms with E-state index in [4.69, 9.17) is 9.47 Å². The van der Waals surface area contributed by atoms with E-state index in [-0.39, 0.29) is 0 Å². The summed E-state index contributed by atoms with van der Waals surface area (Å²) in [6.45, 7) is 6.41. The number of unbranched alkanes of at least 4 members (excludes halogenated alkanes) is 3. The fourth-order valence-corrected chi connectivity index (χ4v) is 2.80. The fourth-order valence-electron chi connectivity index (χ4n) is 2.28. The molecule has 0 radical (unpaired) electrons. The second-order valence-corrected chi connectivity index (χ2v) is 5.88. The summed E-state index contributed by atoms with van der Waals surface area (Å²) in [4.78, 5) is 0. The number of aryl methyl sites for hydroxylation is 1. The van der Waals surface area contributed by atoms with E-state index >= 15 is 0 Å². The zero-order chi connectivity index (χ0) is 15.5. The molecule has 1 N–H and O–H groups in total. The maximum Gasteiger partial charge on any atom is 0.162 e. The Bertz CT molecular complexity index is 410. The van der Waals surface area contributed by atoms with E-state index in [1.807, 2.05) is 27.0 Å². The van der Waals surface area contributed by atoms with Gasteiger partial charge in [-0.05, 0) is 64.4 Å². The van der Waals surface area contributed by atoms with E-state index in [1.165, 1.54) is 31.2 Å². The van der Waals surface area contributed by atoms with Crippen LogP contribution in [0.3, 0.4) is 0 Å². The molecule has 3 nitrogen and oxygen atoms in total. The van der Waals surface area contributed by atoms with Crippen molar-refractivity contribution in [2.75, 3.05) is 26.8 Å². The smallest absolute Gasteiger partial charge is 0.162 e. The molecule has 1 rings (SSSR count). The number of ether oxygens (including phenoxy) is 2. The van der Waals surface area contributed by atoms with Gasteiger partial charge in [-0.25, -0.2) is 0 Å². The van der Waals surface area contributed by atoms with Crippen LogP contribution in [0.5, 0.6) is 11.5 Å². The van der Waals surface area contributed by atoms with Gasteiger partial charge in [0.05, 0.1) is 13.2 Å². The molecule has 0 atom stereocenters. The van der Waals surface area contributed by atoms with Crippen LogP contribution in [0.25, 0.3) is 0 Å². The van der Waals surface area contributed by atoms with E-state index < -0.39 is 0 Å². The summed E-state index contributed by atoms with van der Waals surface area (Å²) in [6.07, 6.45) is 6.10. The van der Waals surface area contributed by atoms with Crippen molar-refractivity contribution in [3.8, 4) is 11.5 Å². The van der Waals surface area contributed by atoms with Crippen LogP contribution in [0.2, 0.25) is 0 Å². The van der Waals surface area contributed by atoms with Crippen molar-refractivity contribution in [3.63, 3.8) is 0 Å². The quantitative estimate of drug-likeness (QED) is 0.588. The van der Waals surface area contributed by atoms with Gasteiger partial charge in [0, 0.05) is 4.47 Å². The van der Waals surface area contributed by atoms with Gasteiger partial charge < -0.3 is 14.8 Å². The van der Waals surface area contributed by atoms with Crippen molar-refractivity contribution in [3.05, 3.63) is 22.2 Å². The third-order valence-electron chi connectivity index (χ3n) is 3.34. The Labute approximate surface area is 137 Å². The van der Waals surface area contributed by atoms with Crippen LogP contribution in [0.1, 0.15) is 45.1 Å². The third kappa shape index (κ3) is 6.70. The SMILES string of the molecule is CCOc1cc(Br)c(CCCCCCNC)cc1OCC. The first-order chi connectivity index (χ1) is 10.2. The van der Waals surface area contributed by atoms with Crippen molar-refractivity contribution in [2.45, 2.75) is 46.0 Å². The number of benzene rings is 1. The maximum atomic E-state index is 5.69. The summed E-state index contributed by atoms with van der Waals surface area (Å²) < 4.78 is 12.4. The summed E-state index contributed by atoms with van der Waals surface area (Å²) in [5, 5.41) is 3.19. The Kier molecular flexibility index (Phi) is 9.51. The van der Waals surface area contributed by atoms with Crippen molar-refractivity contribution < 1.29 is 9.47 Å². The Morgan fingerprint density at radius 3 is 2.19 bits per heavy atom. The lowest BCUT2D eigenvalue weighted by Gasteiger charge is -2.14. The molecule has 0 fully saturated rings. The van der Waals surface area contributed by atoms with Crippen LogP contribution in [0.4, 0.5) is 0 Å². The second kappa shape index (κ2) is 10.9. The molecule has 21 heavy (non-hydrogen) atoms. The van der Waals surface area contributed by atoms with Crippen LogP contribution in [-0.4, -0.2) is 26.8 Å². The zero-order valence-corrected chi connectivity index (χ0v) is 15.1. The van der Waals surface area contributed by atoms with Crippen molar-refractivity contribution in [1.29, 1.82) is 0 Å². The first kappa shape index (κ1) is 18.3. The Balaban J connectivity index is 2.58. The molecule has 0 aliphatic heterocycles. The number of hydrogen-bond acceptors (Lipinski definition) is 3. The van der Waals surface area contributed by atoms with Crippen LogP contribution in [0, 0.1) is 0 Å². The molecule has 4 heteroatoms. The van der Waals surface area contributed by atoms with E-state index in [0.29, 0.717) is 13.2 Å². The molecule has 0 amide bonds. The molecule has 0 aromatic heterocycles. The maximum absolute atomic E-state index is 5.69. The van der Waals surface area contributed by atoms with Crippen molar-refractivity contribution in [2.24, 2.45) is 0 Å². The lowest BCUT2D eigenvalue weighted by Crippen LogP contribution is -2.07. The van der Waals surface area contributed by atoms with Gasteiger partial charge in [-0.1, -0.05) is 28.8 Å². The molecule has 1 aromatic rings. The van der Waals surface area contributed by atoms with Crippen LogP contribution < -0.4 is 14.8 Å². The van der Waals surface area contributed by atoms with Gasteiger partial charge >= 0.3 is 0 Å². The molecule has 1 aromatic carbocycles. The lowest BCUT2D eigenvalue weighted by molar-refractivity contribution is 0.287. The van der Waals surface area contributed by atoms with Gasteiger partial charge in [0.2, 0.25) is 0 Å². The number of rotatable bonds is 11. The van der Waals surface area contributed by atoms with E-state index in [1.54, 1.807) is 0 Å². The normalized spacial score (nSPS) is 10.7. The van der Waals surface area contributed by atoms with Gasteiger partial charge in [-0.15, -0.1) is 0 Å². The predicted octanol–water partition coefficient (Wildman–Crippen LogP) is 4.57. The molecule has 0 spiro atoms. The average molecular weight is 358 g/mol. The first-order valence-electron chi connectivity index (χ1n) is 7.95. The topological polar surface area (TPSA) is 30.5 Å². The van der Waals surface area contributed by atoms with Gasteiger partial charge in [0.1, 0.15) is 0 Å². The van der Waals surface area contributed by atoms with Crippen LogP contribution in [-0.2, 0) is 6.42 Å². The molecular formula is C17H28BrNO2. The highest BCUT2D eigenvalue weighted by Crippen LogP contribution is 2.34. The Hall–Kier alpha value is -0.740. The van der Waals surface area contributed by atoms with Gasteiger partial charge in [-0.3, -0.25) is 0 Å². The Morgan fingerprint density at radius 1 is 0.952 bits per heavy atom. The van der Waals surface area contributed by atoms with Crippen molar-refractivity contribution in [1.82, 2.24) is 5.32 Å². The Morgan fingerprint density at radius 2 is 1.57 bits per heavy atom. The monoisotopic (exact) mass is 357 g/mol. The minimum absolute atomic E-state index is 0.650. The highest BCUT2D eigenvalue weighted by molar-refractivity contribution is 9.10. The summed E-state index contributed by atoms with van der Waals surface area (Å²) in [7, 11) is 2.01. The molecule has 0 bridgehead atoms. The molecule has 0 aliphatic carbocycles. The average Bonchev–Trinajstić information content (AvgIpc) is 2.47.